The fourth-order valence-corrected chi connectivity index (χ4v) is 2.41. The fraction of sp³-hybridized carbons (Fsp3) is 0.214. The number of nitrogens with zero attached hydrogens (tertiary/aromatic N) is 1. The molecule has 3 heteroatoms. The number of aryl methyl sites for hydroxylation is 1. The van der Waals surface area contributed by atoms with Gasteiger partial charge in [0, 0.05) is 18.1 Å². The Labute approximate surface area is 106 Å². The van der Waals surface area contributed by atoms with Gasteiger partial charge < -0.3 is 4.90 Å². The van der Waals surface area contributed by atoms with Gasteiger partial charge in [-0.25, -0.2) is 0 Å². The molecular weight excluding hydrogens is 230 g/mol. The van der Waals surface area contributed by atoms with Gasteiger partial charge in [0.25, 0.3) is 0 Å². The second-order valence-electron chi connectivity index (χ2n) is 3.90. The van der Waals surface area contributed by atoms with Crippen molar-refractivity contribution >= 4 is 29.0 Å². The Morgan fingerprint density at radius 2 is 1.94 bits per heavy atom. The molecule has 0 aliphatic heterocycles. The van der Waals surface area contributed by atoms with E-state index in [1.165, 1.54) is 16.9 Å². The summed E-state index contributed by atoms with van der Waals surface area (Å²) >= 11 is 1.47. The average molecular weight is 245 g/mol. The zero-order chi connectivity index (χ0) is 12.3. The number of aldehydes is 1. The van der Waals surface area contributed by atoms with Crippen LogP contribution < -0.4 is 4.90 Å². The van der Waals surface area contributed by atoms with Crippen LogP contribution in [0, 0.1) is 0 Å². The molecule has 2 aromatic rings. The van der Waals surface area contributed by atoms with Crippen molar-refractivity contribution in [3.63, 3.8) is 0 Å². The van der Waals surface area contributed by atoms with Crippen LogP contribution in [0.5, 0.6) is 0 Å². The molecule has 88 valence electrons. The molecule has 0 unspecified atom stereocenters. The summed E-state index contributed by atoms with van der Waals surface area (Å²) in [5, 5.41) is 2.00. The number of benzene rings is 1. The summed E-state index contributed by atoms with van der Waals surface area (Å²) in [6.45, 7) is 2.15. The molecule has 2 rings (SSSR count). The molecule has 1 heterocycles. The second kappa shape index (κ2) is 5.15. The van der Waals surface area contributed by atoms with Gasteiger partial charge in [0.1, 0.15) is 0 Å². The fourth-order valence-electron chi connectivity index (χ4n) is 1.68. The van der Waals surface area contributed by atoms with E-state index < -0.39 is 0 Å². The second-order valence-corrected chi connectivity index (χ2v) is 4.85. The maximum atomic E-state index is 10.7. The highest BCUT2D eigenvalue weighted by molar-refractivity contribution is 7.12. The summed E-state index contributed by atoms with van der Waals surface area (Å²) in [6, 6.07) is 10.4. The van der Waals surface area contributed by atoms with Crippen molar-refractivity contribution in [1.82, 2.24) is 0 Å². The minimum atomic E-state index is 0.761. The number of hydrogen-bond donors (Lipinski definition) is 0. The Morgan fingerprint density at radius 3 is 2.47 bits per heavy atom. The number of hydrogen-bond acceptors (Lipinski definition) is 3. The lowest BCUT2D eigenvalue weighted by molar-refractivity contribution is 0.112. The zero-order valence-electron chi connectivity index (χ0n) is 10.0. The third-order valence-electron chi connectivity index (χ3n) is 2.84. The Hall–Kier alpha value is -1.61. The molecule has 2 nitrogen and oxygen atoms in total. The minimum absolute atomic E-state index is 0.761. The first-order valence-corrected chi connectivity index (χ1v) is 6.49. The third-order valence-corrected chi connectivity index (χ3v) is 3.69. The molecule has 0 aliphatic carbocycles. The lowest BCUT2D eigenvalue weighted by Crippen LogP contribution is -2.08. The molecule has 1 aromatic carbocycles. The Balaban J connectivity index is 2.23. The van der Waals surface area contributed by atoms with Gasteiger partial charge in [-0.05, 0) is 30.2 Å². The third kappa shape index (κ3) is 2.56. The quantitative estimate of drug-likeness (QED) is 0.762. The molecule has 0 saturated heterocycles. The first-order valence-electron chi connectivity index (χ1n) is 5.61. The van der Waals surface area contributed by atoms with Crippen molar-refractivity contribution in [2.45, 2.75) is 13.3 Å². The molecule has 0 radical (unpaired) electrons. The molecule has 1 aromatic heterocycles. The summed E-state index contributed by atoms with van der Waals surface area (Å²) in [4.78, 5) is 13.5. The van der Waals surface area contributed by atoms with E-state index in [-0.39, 0.29) is 0 Å². The smallest absolute Gasteiger partial charge is 0.160 e. The maximum absolute atomic E-state index is 10.7. The number of carbonyl (C=O) groups is 1. The van der Waals surface area contributed by atoms with Gasteiger partial charge in [0.15, 0.2) is 6.29 Å². The lowest BCUT2D eigenvalue weighted by atomic mass is 10.1. The lowest BCUT2D eigenvalue weighted by Gasteiger charge is -2.17. The average Bonchev–Trinajstić information content (AvgIpc) is 2.87. The largest absolute Gasteiger partial charge is 0.344 e. The van der Waals surface area contributed by atoms with Crippen molar-refractivity contribution in [2.24, 2.45) is 0 Å². The first kappa shape index (κ1) is 11.9. The van der Waals surface area contributed by atoms with Crippen LogP contribution in [0.2, 0.25) is 0 Å². The summed E-state index contributed by atoms with van der Waals surface area (Å²) in [6.07, 6.45) is 1.94. The van der Waals surface area contributed by atoms with Crippen LogP contribution in [0.4, 0.5) is 11.4 Å². The Morgan fingerprint density at radius 1 is 1.24 bits per heavy atom. The van der Waals surface area contributed by atoms with Crippen molar-refractivity contribution in [2.75, 3.05) is 11.9 Å². The number of anilines is 2. The van der Waals surface area contributed by atoms with E-state index in [2.05, 4.69) is 36.1 Å². The number of thiophene rings is 1. The van der Waals surface area contributed by atoms with Crippen molar-refractivity contribution in [1.29, 1.82) is 0 Å². The predicted octanol–water partition coefficient (Wildman–Crippen LogP) is 3.89. The summed E-state index contributed by atoms with van der Waals surface area (Å²) in [7, 11) is 2.01. The molecule has 0 atom stereocenters. The van der Waals surface area contributed by atoms with Crippen LogP contribution in [0.1, 0.15) is 22.2 Å². The first-order chi connectivity index (χ1) is 8.24. The number of rotatable bonds is 4. The van der Waals surface area contributed by atoms with E-state index in [1.54, 1.807) is 0 Å². The standard InChI is InChI=1S/C14H15NOS/c1-3-11-4-6-12(7-5-11)15(2)13-8-14(9-16)17-10-13/h4-10H,3H2,1-2H3. The molecule has 0 aliphatic rings. The van der Waals surface area contributed by atoms with Crippen molar-refractivity contribution < 1.29 is 4.79 Å². The minimum Gasteiger partial charge on any atom is -0.344 e. The van der Waals surface area contributed by atoms with Crippen molar-refractivity contribution in [3.05, 3.63) is 46.2 Å². The highest BCUT2D eigenvalue weighted by Crippen LogP contribution is 2.27. The van der Waals surface area contributed by atoms with Gasteiger partial charge in [-0.1, -0.05) is 19.1 Å². The van der Waals surface area contributed by atoms with Gasteiger partial charge in [-0.3, -0.25) is 4.79 Å². The van der Waals surface area contributed by atoms with E-state index in [1.807, 2.05) is 18.5 Å². The van der Waals surface area contributed by atoms with Crippen molar-refractivity contribution in [3.8, 4) is 0 Å². The van der Waals surface area contributed by atoms with Gasteiger partial charge >= 0.3 is 0 Å². The molecule has 0 amide bonds. The predicted molar refractivity (Wildman–Crippen MR) is 73.6 cm³/mol. The van der Waals surface area contributed by atoms with Crippen LogP contribution in [0.15, 0.2) is 35.7 Å². The zero-order valence-corrected chi connectivity index (χ0v) is 10.8. The van der Waals surface area contributed by atoms with Gasteiger partial charge in [0.05, 0.1) is 10.6 Å². The van der Waals surface area contributed by atoms with Crippen LogP contribution in [0.3, 0.4) is 0 Å². The highest BCUT2D eigenvalue weighted by Gasteiger charge is 2.06. The summed E-state index contributed by atoms with van der Waals surface area (Å²) in [5.74, 6) is 0. The van der Waals surface area contributed by atoms with Crippen LogP contribution in [-0.2, 0) is 6.42 Å². The van der Waals surface area contributed by atoms with E-state index in [9.17, 15) is 4.79 Å². The Bertz CT molecular complexity index is 501. The monoisotopic (exact) mass is 245 g/mol. The van der Waals surface area contributed by atoms with Crippen LogP contribution in [0.25, 0.3) is 0 Å². The maximum Gasteiger partial charge on any atom is 0.160 e. The molecule has 0 spiro atoms. The summed E-state index contributed by atoms with van der Waals surface area (Å²) < 4.78 is 0. The summed E-state index contributed by atoms with van der Waals surface area (Å²) in [5.41, 5.74) is 3.53. The topological polar surface area (TPSA) is 20.3 Å². The Kier molecular flexibility index (Phi) is 3.59. The van der Waals surface area contributed by atoms with Crippen LogP contribution >= 0.6 is 11.3 Å². The molecule has 0 saturated carbocycles. The molecule has 17 heavy (non-hydrogen) atoms. The number of carbonyl (C=O) groups excluding carboxylic acids is 1. The molecule has 0 fully saturated rings. The van der Waals surface area contributed by atoms with Gasteiger partial charge in [-0.15, -0.1) is 11.3 Å². The van der Waals surface area contributed by atoms with Crippen LogP contribution in [-0.4, -0.2) is 13.3 Å². The van der Waals surface area contributed by atoms with E-state index in [0.717, 1.165) is 29.0 Å². The van der Waals surface area contributed by atoms with E-state index >= 15 is 0 Å². The van der Waals surface area contributed by atoms with Gasteiger partial charge in [-0.2, -0.15) is 0 Å². The van der Waals surface area contributed by atoms with E-state index in [4.69, 9.17) is 0 Å². The van der Waals surface area contributed by atoms with Gasteiger partial charge in [0.2, 0.25) is 0 Å². The molecule has 0 N–H and O–H groups in total. The normalized spacial score (nSPS) is 10.2. The molecular formula is C14H15NOS. The van der Waals surface area contributed by atoms with E-state index in [0.29, 0.717) is 0 Å². The SMILES string of the molecule is CCc1ccc(N(C)c2csc(C=O)c2)cc1. The highest BCUT2D eigenvalue weighted by atomic mass is 32.1. The molecule has 0 bridgehead atoms.